The molecule has 0 saturated heterocycles. The number of aryl methyl sites for hydroxylation is 1. The van der Waals surface area contributed by atoms with Gasteiger partial charge in [-0.2, -0.15) is 0 Å². The van der Waals surface area contributed by atoms with Crippen LogP contribution in [0.2, 0.25) is 0 Å². The van der Waals surface area contributed by atoms with Crippen LogP contribution >= 0.6 is 11.3 Å². The fourth-order valence-electron chi connectivity index (χ4n) is 10.1. The summed E-state index contributed by atoms with van der Waals surface area (Å²) in [4.78, 5) is 0. The number of para-hydroxylation sites is 5. The van der Waals surface area contributed by atoms with Gasteiger partial charge in [0.2, 0.25) is 0 Å². The van der Waals surface area contributed by atoms with Crippen molar-refractivity contribution in [1.82, 2.24) is 4.57 Å². The Kier molecular flexibility index (Phi) is 8.33. The summed E-state index contributed by atoms with van der Waals surface area (Å²) in [6.45, 7) is 4.61. The first-order valence-corrected chi connectivity index (χ1v) is 22.1. The summed E-state index contributed by atoms with van der Waals surface area (Å²) in [6.07, 6.45) is 0.960. The Bertz CT molecular complexity index is 3660. The van der Waals surface area contributed by atoms with E-state index in [0.717, 1.165) is 33.9 Å². The molecule has 3 heterocycles. The van der Waals surface area contributed by atoms with Crippen LogP contribution in [0.25, 0.3) is 103 Å². The lowest BCUT2D eigenvalue weighted by molar-refractivity contribution is 0.670. The molecule has 0 fully saturated rings. The largest absolute Gasteiger partial charge is 0.455 e. The molecule has 0 aliphatic carbocycles. The fraction of sp³-hybridized carbons (Fsp3) is 0.0690. The van der Waals surface area contributed by atoms with Crippen molar-refractivity contribution in [2.45, 2.75) is 26.2 Å². The Labute approximate surface area is 358 Å². The molecule has 12 aromatic rings. The molecule has 1 unspecified atom stereocenters. The van der Waals surface area contributed by atoms with Crippen molar-refractivity contribution in [2.24, 2.45) is 0 Å². The van der Waals surface area contributed by atoms with Crippen LogP contribution in [0.1, 0.15) is 36.0 Å². The van der Waals surface area contributed by atoms with Gasteiger partial charge < -0.3 is 8.98 Å². The summed E-state index contributed by atoms with van der Waals surface area (Å²) in [5.41, 5.74) is 16.8. The average molecular weight is 800 g/mol. The molecule has 2 nitrogen and oxygen atoms in total. The van der Waals surface area contributed by atoms with E-state index in [1.165, 1.54) is 92.2 Å². The van der Waals surface area contributed by atoms with Gasteiger partial charge in [-0.05, 0) is 89.2 Å². The third-order valence-electron chi connectivity index (χ3n) is 12.9. The SMILES string of the molecule is CCC(c1cc(-c2cccc3c2oc2ccccc23)c2sc3ccccc3c2c1)c1ccccc1-c1ccc(-c2cccc3c4ccccc4n(-c4ccccc4)c23)cc1C. The second kappa shape index (κ2) is 14.2. The number of hydrogen-bond donors (Lipinski definition) is 0. The van der Waals surface area contributed by atoms with Crippen molar-refractivity contribution in [3.8, 4) is 39.1 Å². The maximum absolute atomic E-state index is 6.68. The first-order chi connectivity index (χ1) is 30.1. The van der Waals surface area contributed by atoms with Crippen molar-refractivity contribution in [1.29, 1.82) is 0 Å². The minimum atomic E-state index is 0.169. The molecule has 3 heteroatoms. The van der Waals surface area contributed by atoms with E-state index in [9.17, 15) is 0 Å². The molecular formula is C58H41NOS. The van der Waals surface area contributed by atoms with E-state index in [-0.39, 0.29) is 5.92 Å². The molecule has 0 N–H and O–H groups in total. The zero-order chi connectivity index (χ0) is 40.6. The first kappa shape index (κ1) is 35.7. The summed E-state index contributed by atoms with van der Waals surface area (Å²) in [7, 11) is 0. The lowest BCUT2D eigenvalue weighted by Gasteiger charge is -2.22. The fourth-order valence-corrected chi connectivity index (χ4v) is 11.3. The van der Waals surface area contributed by atoms with Crippen LogP contribution in [0.4, 0.5) is 0 Å². The lowest BCUT2D eigenvalue weighted by Crippen LogP contribution is -2.03. The Morgan fingerprint density at radius 3 is 2.05 bits per heavy atom. The quantitative estimate of drug-likeness (QED) is 0.157. The van der Waals surface area contributed by atoms with Gasteiger partial charge in [0, 0.05) is 70.0 Å². The van der Waals surface area contributed by atoms with E-state index in [1.807, 2.05) is 11.3 Å². The van der Waals surface area contributed by atoms with E-state index < -0.39 is 0 Å². The lowest BCUT2D eigenvalue weighted by atomic mass is 9.81. The molecule has 0 aliphatic heterocycles. The monoisotopic (exact) mass is 799 g/mol. The maximum Gasteiger partial charge on any atom is 0.143 e. The van der Waals surface area contributed by atoms with E-state index in [2.05, 4.69) is 213 Å². The predicted octanol–water partition coefficient (Wildman–Crippen LogP) is 16.9. The minimum absolute atomic E-state index is 0.169. The summed E-state index contributed by atoms with van der Waals surface area (Å²) < 4.78 is 11.7. The number of benzene rings is 9. The van der Waals surface area contributed by atoms with Gasteiger partial charge in [-0.15, -0.1) is 11.3 Å². The molecule has 3 aromatic heterocycles. The third kappa shape index (κ3) is 5.61. The zero-order valence-electron chi connectivity index (χ0n) is 34.0. The number of aromatic nitrogens is 1. The molecule has 0 aliphatic rings. The highest BCUT2D eigenvalue weighted by Crippen LogP contribution is 2.47. The number of furan rings is 1. The van der Waals surface area contributed by atoms with Crippen LogP contribution in [0.3, 0.4) is 0 Å². The van der Waals surface area contributed by atoms with Gasteiger partial charge in [-0.25, -0.2) is 0 Å². The standard InChI is InChI=1S/C58H41NOS/c1-3-40(38-34-51-47-23-11-14-30-55(47)61-58(51)52(35-38)50-27-16-26-49-46-22-10-13-29-54(46)60-57(49)50)43-19-7-8-20-44(43)41-32-31-37(33-36(41)2)42-24-15-25-48-45-21-9-12-28-53(45)59(56(42)48)39-17-5-4-6-18-39/h4-35,40H,3H2,1-2H3. The van der Waals surface area contributed by atoms with Gasteiger partial charge in [0.25, 0.3) is 0 Å². The molecule has 61 heavy (non-hydrogen) atoms. The summed E-state index contributed by atoms with van der Waals surface area (Å²) >= 11 is 1.88. The highest BCUT2D eigenvalue weighted by atomic mass is 32.1. The van der Waals surface area contributed by atoms with Crippen molar-refractivity contribution in [3.05, 3.63) is 211 Å². The number of fused-ring (bicyclic) bond motifs is 9. The van der Waals surface area contributed by atoms with Crippen LogP contribution in [0, 0.1) is 6.92 Å². The number of rotatable bonds is 7. The number of nitrogens with zero attached hydrogens (tertiary/aromatic N) is 1. The molecule has 0 saturated carbocycles. The molecule has 0 bridgehead atoms. The van der Waals surface area contributed by atoms with E-state index in [0.29, 0.717) is 0 Å². The van der Waals surface area contributed by atoms with Crippen LogP contribution < -0.4 is 0 Å². The minimum Gasteiger partial charge on any atom is -0.455 e. The highest BCUT2D eigenvalue weighted by molar-refractivity contribution is 7.26. The van der Waals surface area contributed by atoms with Crippen LogP contribution in [-0.4, -0.2) is 4.57 Å². The summed E-state index contributed by atoms with van der Waals surface area (Å²) in [5.74, 6) is 0.169. The summed E-state index contributed by atoms with van der Waals surface area (Å²) in [5, 5.41) is 7.45. The second-order valence-corrected chi connectivity index (χ2v) is 17.3. The van der Waals surface area contributed by atoms with Gasteiger partial charge in [0.15, 0.2) is 0 Å². The smallest absolute Gasteiger partial charge is 0.143 e. The van der Waals surface area contributed by atoms with Crippen molar-refractivity contribution >= 4 is 75.3 Å². The Morgan fingerprint density at radius 2 is 1.20 bits per heavy atom. The van der Waals surface area contributed by atoms with Gasteiger partial charge in [0.1, 0.15) is 11.2 Å². The molecule has 290 valence electrons. The Balaban J connectivity index is 1.02. The molecule has 9 aromatic carbocycles. The Hall–Kier alpha value is -7.20. The van der Waals surface area contributed by atoms with Gasteiger partial charge in [-0.3, -0.25) is 0 Å². The predicted molar refractivity (Wildman–Crippen MR) is 261 cm³/mol. The van der Waals surface area contributed by atoms with E-state index in [1.54, 1.807) is 0 Å². The van der Waals surface area contributed by atoms with Crippen molar-refractivity contribution < 1.29 is 4.42 Å². The molecule has 12 rings (SSSR count). The van der Waals surface area contributed by atoms with Crippen LogP contribution in [0.15, 0.2) is 199 Å². The number of thiophene rings is 1. The third-order valence-corrected chi connectivity index (χ3v) is 14.1. The first-order valence-electron chi connectivity index (χ1n) is 21.3. The normalized spacial score (nSPS) is 12.4. The highest BCUT2D eigenvalue weighted by Gasteiger charge is 2.24. The zero-order valence-corrected chi connectivity index (χ0v) is 34.8. The van der Waals surface area contributed by atoms with E-state index >= 15 is 0 Å². The molecule has 1 atom stereocenters. The molecule has 0 amide bonds. The van der Waals surface area contributed by atoms with Crippen LogP contribution in [0.5, 0.6) is 0 Å². The second-order valence-electron chi connectivity index (χ2n) is 16.3. The number of hydrogen-bond acceptors (Lipinski definition) is 2. The maximum atomic E-state index is 6.68. The van der Waals surface area contributed by atoms with Gasteiger partial charge in [0.05, 0.1) is 11.0 Å². The summed E-state index contributed by atoms with van der Waals surface area (Å²) in [6, 6.07) is 71.3. The molecular weight excluding hydrogens is 759 g/mol. The van der Waals surface area contributed by atoms with E-state index in [4.69, 9.17) is 4.42 Å². The van der Waals surface area contributed by atoms with Crippen LogP contribution in [-0.2, 0) is 0 Å². The Morgan fingerprint density at radius 1 is 0.508 bits per heavy atom. The molecule has 0 spiro atoms. The topological polar surface area (TPSA) is 18.1 Å². The average Bonchev–Trinajstić information content (AvgIpc) is 4.00. The van der Waals surface area contributed by atoms with Crippen molar-refractivity contribution in [2.75, 3.05) is 0 Å². The molecule has 0 radical (unpaired) electrons. The van der Waals surface area contributed by atoms with Gasteiger partial charge in [-0.1, -0.05) is 159 Å². The van der Waals surface area contributed by atoms with Gasteiger partial charge >= 0.3 is 0 Å². The van der Waals surface area contributed by atoms with Crippen molar-refractivity contribution in [3.63, 3.8) is 0 Å².